The number of halogens is 1. The summed E-state index contributed by atoms with van der Waals surface area (Å²) in [7, 11) is 0.291. The van der Waals surface area contributed by atoms with Crippen LogP contribution in [0.25, 0.3) is 0 Å². The van der Waals surface area contributed by atoms with Gasteiger partial charge >= 0.3 is 0 Å². The van der Waals surface area contributed by atoms with Crippen LogP contribution in [0.5, 0.6) is 11.5 Å². The van der Waals surface area contributed by atoms with Crippen LogP contribution in [0.15, 0.2) is 106 Å². The number of sulfonamides is 1. The quantitative estimate of drug-likeness (QED) is 0.202. The summed E-state index contributed by atoms with van der Waals surface area (Å²) in [4.78, 5) is 29.2. The standard InChI is InChI=1S/C34H36BrN3O6S/c1-24-13-15-27(16-14-24)38(45(41,42)29-17-18-32(44-4)30(35)21-29)23-33(39)37(22-26-11-8-12-28(19-26)43-3)31(34(40)36-2)20-25-9-6-5-7-10-25/h5-19,21,31H,20,22-23H2,1-4H3,(H,36,40). The minimum Gasteiger partial charge on any atom is -0.497 e. The topological polar surface area (TPSA) is 105 Å². The second kappa shape index (κ2) is 15.1. The molecule has 0 aliphatic carbocycles. The van der Waals surface area contributed by atoms with E-state index in [1.807, 2.05) is 43.3 Å². The third kappa shape index (κ3) is 8.23. The maximum absolute atomic E-state index is 14.4. The minimum absolute atomic E-state index is 0.0324. The number of likely N-dealkylation sites (N-methyl/N-ethyl adjacent to an activating group) is 1. The van der Waals surface area contributed by atoms with Gasteiger partial charge in [0, 0.05) is 20.0 Å². The molecule has 4 aromatic rings. The molecule has 0 aliphatic rings. The molecule has 45 heavy (non-hydrogen) atoms. The Hall–Kier alpha value is -4.35. The van der Waals surface area contributed by atoms with Crippen molar-refractivity contribution < 1.29 is 27.5 Å². The number of carbonyl (C=O) groups excluding carboxylic acids is 2. The first-order valence-electron chi connectivity index (χ1n) is 14.2. The lowest BCUT2D eigenvalue weighted by molar-refractivity contribution is -0.139. The second-order valence-corrected chi connectivity index (χ2v) is 13.1. The predicted molar refractivity (Wildman–Crippen MR) is 178 cm³/mol. The van der Waals surface area contributed by atoms with Crippen molar-refractivity contribution in [1.82, 2.24) is 10.2 Å². The van der Waals surface area contributed by atoms with Crippen LogP contribution in [-0.4, -0.2) is 59.0 Å². The van der Waals surface area contributed by atoms with Gasteiger partial charge < -0.3 is 19.7 Å². The van der Waals surface area contributed by atoms with Crippen LogP contribution in [0, 0.1) is 6.92 Å². The van der Waals surface area contributed by atoms with Crippen molar-refractivity contribution in [3.05, 3.63) is 118 Å². The molecular weight excluding hydrogens is 658 g/mol. The van der Waals surface area contributed by atoms with E-state index in [9.17, 15) is 18.0 Å². The Morgan fingerprint density at radius 1 is 0.867 bits per heavy atom. The largest absolute Gasteiger partial charge is 0.497 e. The maximum atomic E-state index is 14.4. The lowest BCUT2D eigenvalue weighted by Crippen LogP contribution is -2.53. The fourth-order valence-corrected chi connectivity index (χ4v) is 7.00. The number of amides is 2. The molecule has 0 spiro atoms. The zero-order valence-electron chi connectivity index (χ0n) is 25.6. The maximum Gasteiger partial charge on any atom is 0.264 e. The Morgan fingerprint density at radius 3 is 2.18 bits per heavy atom. The van der Waals surface area contributed by atoms with E-state index in [1.165, 1.54) is 31.2 Å². The first-order chi connectivity index (χ1) is 21.6. The Kier molecular flexibility index (Phi) is 11.2. The first-order valence-corrected chi connectivity index (χ1v) is 16.4. The molecule has 0 aliphatic heterocycles. The number of nitrogens with zero attached hydrogens (tertiary/aromatic N) is 2. The van der Waals surface area contributed by atoms with E-state index in [-0.39, 0.29) is 23.8 Å². The fraction of sp³-hybridized carbons (Fsp3) is 0.235. The molecule has 4 aromatic carbocycles. The molecule has 0 saturated heterocycles. The van der Waals surface area contributed by atoms with Crippen LogP contribution in [0.2, 0.25) is 0 Å². The number of carbonyl (C=O) groups is 2. The molecule has 1 unspecified atom stereocenters. The highest BCUT2D eigenvalue weighted by Crippen LogP contribution is 2.31. The van der Waals surface area contributed by atoms with E-state index in [1.54, 1.807) is 55.6 Å². The van der Waals surface area contributed by atoms with E-state index in [0.29, 0.717) is 27.2 Å². The van der Waals surface area contributed by atoms with E-state index >= 15 is 0 Å². The Bertz CT molecular complexity index is 1730. The molecule has 0 heterocycles. The Labute approximate surface area is 273 Å². The van der Waals surface area contributed by atoms with Gasteiger partial charge in [0.2, 0.25) is 11.8 Å². The Balaban J connectivity index is 1.80. The van der Waals surface area contributed by atoms with Gasteiger partial charge in [-0.2, -0.15) is 0 Å². The highest BCUT2D eigenvalue weighted by molar-refractivity contribution is 9.10. The summed E-state index contributed by atoms with van der Waals surface area (Å²) in [5.74, 6) is 0.122. The number of benzene rings is 4. The summed E-state index contributed by atoms with van der Waals surface area (Å²) in [6, 6.07) is 26.9. The monoisotopic (exact) mass is 693 g/mol. The van der Waals surface area contributed by atoms with Gasteiger partial charge in [0.1, 0.15) is 24.1 Å². The fourth-order valence-electron chi connectivity index (χ4n) is 4.86. The van der Waals surface area contributed by atoms with Crippen molar-refractivity contribution in [2.75, 3.05) is 32.1 Å². The van der Waals surface area contributed by atoms with Gasteiger partial charge in [0.05, 0.1) is 29.3 Å². The van der Waals surface area contributed by atoms with Crippen molar-refractivity contribution >= 4 is 43.5 Å². The van der Waals surface area contributed by atoms with Crippen LogP contribution < -0.4 is 19.1 Å². The number of anilines is 1. The molecule has 0 radical (unpaired) electrons. The summed E-state index contributed by atoms with van der Waals surface area (Å²) in [6.07, 6.45) is 0.221. The highest BCUT2D eigenvalue weighted by Gasteiger charge is 2.34. The molecule has 9 nitrogen and oxygen atoms in total. The van der Waals surface area contributed by atoms with Gasteiger partial charge in [-0.15, -0.1) is 0 Å². The molecular formula is C34H36BrN3O6S. The van der Waals surface area contributed by atoms with Crippen molar-refractivity contribution in [2.24, 2.45) is 0 Å². The lowest BCUT2D eigenvalue weighted by atomic mass is 10.0. The van der Waals surface area contributed by atoms with Gasteiger partial charge in [-0.25, -0.2) is 8.42 Å². The normalized spacial score (nSPS) is 11.8. The zero-order chi connectivity index (χ0) is 32.6. The van der Waals surface area contributed by atoms with Gasteiger partial charge in [-0.05, 0) is 76.4 Å². The molecule has 0 bridgehead atoms. The van der Waals surface area contributed by atoms with Gasteiger partial charge in [0.25, 0.3) is 10.0 Å². The molecule has 11 heteroatoms. The van der Waals surface area contributed by atoms with Crippen molar-refractivity contribution in [3.8, 4) is 11.5 Å². The average Bonchev–Trinajstić information content (AvgIpc) is 3.05. The molecule has 2 amide bonds. The smallest absolute Gasteiger partial charge is 0.264 e. The first kappa shape index (κ1) is 33.5. The minimum atomic E-state index is -4.26. The average molecular weight is 695 g/mol. The van der Waals surface area contributed by atoms with Crippen LogP contribution >= 0.6 is 15.9 Å². The molecule has 0 fully saturated rings. The van der Waals surface area contributed by atoms with Crippen molar-refractivity contribution in [1.29, 1.82) is 0 Å². The van der Waals surface area contributed by atoms with Gasteiger partial charge in [-0.1, -0.05) is 60.2 Å². The molecule has 1 atom stereocenters. The SMILES string of the molecule is CNC(=O)C(Cc1ccccc1)N(Cc1cccc(OC)c1)C(=O)CN(c1ccc(C)cc1)S(=O)(=O)c1ccc(OC)c(Br)c1. The van der Waals surface area contributed by atoms with Crippen LogP contribution in [0.1, 0.15) is 16.7 Å². The van der Waals surface area contributed by atoms with Crippen LogP contribution in [0.3, 0.4) is 0 Å². The molecule has 0 aromatic heterocycles. The zero-order valence-corrected chi connectivity index (χ0v) is 28.0. The Morgan fingerprint density at radius 2 is 1.56 bits per heavy atom. The van der Waals surface area contributed by atoms with E-state index in [0.717, 1.165) is 15.4 Å². The lowest BCUT2D eigenvalue weighted by Gasteiger charge is -2.33. The summed E-state index contributed by atoms with van der Waals surface area (Å²) in [6.45, 7) is 1.37. The van der Waals surface area contributed by atoms with Gasteiger partial charge in [-0.3, -0.25) is 13.9 Å². The van der Waals surface area contributed by atoms with Gasteiger partial charge in [0.15, 0.2) is 0 Å². The van der Waals surface area contributed by atoms with E-state index in [2.05, 4.69) is 21.2 Å². The molecule has 0 saturated carbocycles. The molecule has 4 rings (SSSR count). The summed E-state index contributed by atoms with van der Waals surface area (Å²) < 4.78 is 40.6. The van der Waals surface area contributed by atoms with Crippen LogP contribution in [0.4, 0.5) is 5.69 Å². The number of rotatable bonds is 13. The van der Waals surface area contributed by atoms with Crippen molar-refractivity contribution in [2.45, 2.75) is 30.8 Å². The second-order valence-electron chi connectivity index (χ2n) is 10.3. The molecule has 236 valence electrons. The number of aryl methyl sites for hydroxylation is 1. The summed E-state index contributed by atoms with van der Waals surface area (Å²) >= 11 is 3.37. The number of hydrogen-bond acceptors (Lipinski definition) is 6. The summed E-state index contributed by atoms with van der Waals surface area (Å²) in [5.41, 5.74) is 2.80. The predicted octanol–water partition coefficient (Wildman–Crippen LogP) is 5.36. The number of hydrogen-bond donors (Lipinski definition) is 1. The van der Waals surface area contributed by atoms with E-state index < -0.39 is 28.5 Å². The number of ether oxygens (including phenoxy) is 2. The number of methoxy groups -OCH3 is 2. The highest BCUT2D eigenvalue weighted by atomic mass is 79.9. The molecule has 1 N–H and O–H groups in total. The third-order valence-electron chi connectivity index (χ3n) is 7.32. The van der Waals surface area contributed by atoms with Crippen LogP contribution in [-0.2, 0) is 32.6 Å². The van der Waals surface area contributed by atoms with Crippen molar-refractivity contribution in [3.63, 3.8) is 0 Å². The summed E-state index contributed by atoms with van der Waals surface area (Å²) in [5, 5.41) is 2.69. The number of nitrogens with one attached hydrogen (secondary N) is 1. The third-order valence-corrected chi connectivity index (χ3v) is 9.71. The van der Waals surface area contributed by atoms with E-state index in [4.69, 9.17) is 9.47 Å².